The Balaban J connectivity index is 1.63. The molecule has 0 atom stereocenters. The summed E-state index contributed by atoms with van der Waals surface area (Å²) in [5.41, 5.74) is 5.88. The Labute approximate surface area is 148 Å². The predicted octanol–water partition coefficient (Wildman–Crippen LogP) is 2.13. The number of carbonyl (C=O) groups excluding carboxylic acids is 2. The molecule has 2 heterocycles. The van der Waals surface area contributed by atoms with Crippen LogP contribution in [0.15, 0.2) is 34.9 Å². The van der Waals surface area contributed by atoms with Crippen LogP contribution in [0.5, 0.6) is 0 Å². The summed E-state index contributed by atoms with van der Waals surface area (Å²) in [6, 6.07) is 5.58. The summed E-state index contributed by atoms with van der Waals surface area (Å²) in [4.78, 5) is 28.0. The molecule has 2 amide bonds. The number of halogens is 2. The van der Waals surface area contributed by atoms with E-state index in [4.69, 9.17) is 21.8 Å². The molecule has 2 aromatic rings. The number of nitrogens with two attached hydrogens (primary N) is 1. The van der Waals surface area contributed by atoms with Gasteiger partial charge in [0.15, 0.2) is 0 Å². The third-order valence-corrected chi connectivity index (χ3v) is 4.35. The first-order valence-corrected chi connectivity index (χ1v) is 8.18. The number of benzene rings is 1. The second-order valence-electron chi connectivity index (χ2n) is 5.71. The lowest BCUT2D eigenvalue weighted by Gasteiger charge is -2.34. The lowest BCUT2D eigenvalue weighted by Crippen LogP contribution is -2.50. The average Bonchev–Trinajstić information content (AvgIpc) is 3.10. The lowest BCUT2D eigenvalue weighted by molar-refractivity contribution is 0.0532. The molecule has 0 unspecified atom stereocenters. The molecule has 2 N–H and O–H groups in total. The van der Waals surface area contributed by atoms with Gasteiger partial charge in [-0.1, -0.05) is 11.6 Å². The highest BCUT2D eigenvalue weighted by molar-refractivity contribution is 6.30. The van der Waals surface area contributed by atoms with Crippen molar-refractivity contribution in [1.82, 2.24) is 9.80 Å². The zero-order valence-corrected chi connectivity index (χ0v) is 14.1. The van der Waals surface area contributed by atoms with E-state index in [1.807, 2.05) is 0 Å². The maximum atomic E-state index is 13.9. The van der Waals surface area contributed by atoms with Crippen LogP contribution < -0.4 is 5.73 Å². The normalized spacial score (nSPS) is 14.7. The Morgan fingerprint density at radius 3 is 2.32 bits per heavy atom. The topological polar surface area (TPSA) is 79.8 Å². The van der Waals surface area contributed by atoms with Gasteiger partial charge < -0.3 is 20.0 Å². The van der Waals surface area contributed by atoms with Gasteiger partial charge in [0, 0.05) is 31.2 Å². The van der Waals surface area contributed by atoms with Gasteiger partial charge in [0.2, 0.25) is 0 Å². The van der Waals surface area contributed by atoms with Crippen molar-refractivity contribution in [1.29, 1.82) is 0 Å². The summed E-state index contributed by atoms with van der Waals surface area (Å²) in [5, 5.41) is 0.237. The van der Waals surface area contributed by atoms with Crippen LogP contribution in [0.3, 0.4) is 0 Å². The summed E-state index contributed by atoms with van der Waals surface area (Å²) in [5.74, 6) is -0.692. The molecule has 0 spiro atoms. The van der Waals surface area contributed by atoms with Crippen LogP contribution >= 0.6 is 11.6 Å². The number of rotatable bonds is 3. The van der Waals surface area contributed by atoms with E-state index in [-0.39, 0.29) is 23.0 Å². The highest BCUT2D eigenvalue weighted by Gasteiger charge is 2.27. The molecule has 0 bridgehead atoms. The van der Waals surface area contributed by atoms with E-state index in [0.717, 1.165) is 6.07 Å². The Bertz CT molecular complexity index is 800. The van der Waals surface area contributed by atoms with Crippen LogP contribution in [-0.2, 0) is 6.54 Å². The zero-order valence-electron chi connectivity index (χ0n) is 13.4. The van der Waals surface area contributed by atoms with Crippen LogP contribution in [0.1, 0.15) is 26.5 Å². The van der Waals surface area contributed by atoms with E-state index in [0.29, 0.717) is 37.5 Å². The maximum absolute atomic E-state index is 13.9. The molecular formula is C17H17ClFN3O3. The summed E-state index contributed by atoms with van der Waals surface area (Å²) < 4.78 is 19.1. The minimum atomic E-state index is -0.649. The SMILES string of the molecule is NCc1cc(C(=O)N2CCN(C(=O)c3ccc(Cl)cc3F)CC2)co1. The molecule has 0 aliphatic carbocycles. The molecule has 1 aromatic heterocycles. The number of piperazine rings is 1. The third kappa shape index (κ3) is 3.67. The predicted molar refractivity (Wildman–Crippen MR) is 89.8 cm³/mol. The van der Waals surface area contributed by atoms with Crippen molar-refractivity contribution < 1.29 is 18.4 Å². The van der Waals surface area contributed by atoms with E-state index in [1.54, 1.807) is 11.0 Å². The van der Waals surface area contributed by atoms with E-state index in [9.17, 15) is 14.0 Å². The molecule has 0 saturated carbocycles. The minimum absolute atomic E-state index is 0.0217. The Kier molecular flexibility index (Phi) is 5.06. The molecular weight excluding hydrogens is 349 g/mol. The van der Waals surface area contributed by atoms with Gasteiger partial charge in [-0.3, -0.25) is 9.59 Å². The van der Waals surface area contributed by atoms with Gasteiger partial charge in [-0.15, -0.1) is 0 Å². The van der Waals surface area contributed by atoms with Crippen LogP contribution in [0.25, 0.3) is 0 Å². The first-order valence-electron chi connectivity index (χ1n) is 7.80. The number of hydrogen-bond donors (Lipinski definition) is 1. The van der Waals surface area contributed by atoms with Crippen molar-refractivity contribution >= 4 is 23.4 Å². The number of nitrogens with zero attached hydrogens (tertiary/aromatic N) is 2. The summed E-state index contributed by atoms with van der Waals surface area (Å²) in [7, 11) is 0. The van der Waals surface area contributed by atoms with Gasteiger partial charge in [0.05, 0.1) is 17.7 Å². The van der Waals surface area contributed by atoms with E-state index >= 15 is 0 Å². The summed E-state index contributed by atoms with van der Waals surface area (Å²) in [6.07, 6.45) is 1.38. The van der Waals surface area contributed by atoms with Crippen molar-refractivity contribution in [2.75, 3.05) is 26.2 Å². The van der Waals surface area contributed by atoms with Crippen molar-refractivity contribution in [3.63, 3.8) is 0 Å². The highest BCUT2D eigenvalue weighted by atomic mass is 35.5. The molecule has 3 rings (SSSR count). The zero-order chi connectivity index (χ0) is 18.0. The number of carbonyl (C=O) groups is 2. The van der Waals surface area contributed by atoms with Crippen molar-refractivity contribution in [2.45, 2.75) is 6.54 Å². The molecule has 8 heteroatoms. The minimum Gasteiger partial charge on any atom is -0.467 e. The van der Waals surface area contributed by atoms with Gasteiger partial charge in [-0.2, -0.15) is 0 Å². The van der Waals surface area contributed by atoms with Gasteiger partial charge in [0.1, 0.15) is 17.8 Å². The standard InChI is InChI=1S/C17H17ClFN3O3/c18-12-1-2-14(15(19)8-12)17(24)22-5-3-21(4-6-22)16(23)11-7-13(9-20)25-10-11/h1-2,7-8,10H,3-6,9,20H2. The second kappa shape index (κ2) is 7.25. The molecule has 1 saturated heterocycles. The smallest absolute Gasteiger partial charge is 0.257 e. The second-order valence-corrected chi connectivity index (χ2v) is 6.15. The number of furan rings is 1. The molecule has 132 valence electrons. The van der Waals surface area contributed by atoms with Crippen LogP contribution in [-0.4, -0.2) is 47.8 Å². The van der Waals surface area contributed by atoms with Gasteiger partial charge in [0.25, 0.3) is 11.8 Å². The molecule has 1 aliphatic heterocycles. The van der Waals surface area contributed by atoms with E-state index in [1.165, 1.54) is 23.3 Å². The van der Waals surface area contributed by atoms with Crippen LogP contribution in [0.4, 0.5) is 4.39 Å². The fourth-order valence-electron chi connectivity index (χ4n) is 2.73. The molecule has 25 heavy (non-hydrogen) atoms. The fourth-order valence-corrected chi connectivity index (χ4v) is 2.89. The fraction of sp³-hybridized carbons (Fsp3) is 0.294. The summed E-state index contributed by atoms with van der Waals surface area (Å²) >= 11 is 5.71. The Morgan fingerprint density at radius 1 is 1.12 bits per heavy atom. The van der Waals surface area contributed by atoms with Crippen LogP contribution in [0, 0.1) is 5.82 Å². The first kappa shape index (κ1) is 17.4. The average molecular weight is 366 g/mol. The first-order chi connectivity index (χ1) is 12.0. The monoisotopic (exact) mass is 365 g/mol. The van der Waals surface area contributed by atoms with Gasteiger partial charge >= 0.3 is 0 Å². The lowest BCUT2D eigenvalue weighted by atomic mass is 10.1. The van der Waals surface area contributed by atoms with Gasteiger partial charge in [-0.25, -0.2) is 4.39 Å². The molecule has 1 fully saturated rings. The quantitative estimate of drug-likeness (QED) is 0.903. The van der Waals surface area contributed by atoms with E-state index < -0.39 is 11.7 Å². The number of hydrogen-bond acceptors (Lipinski definition) is 4. The third-order valence-electron chi connectivity index (χ3n) is 4.12. The summed E-state index contributed by atoms with van der Waals surface area (Å²) in [6.45, 7) is 1.61. The maximum Gasteiger partial charge on any atom is 0.257 e. The van der Waals surface area contributed by atoms with Crippen molar-refractivity contribution in [3.05, 3.63) is 58.3 Å². The molecule has 1 aliphatic rings. The van der Waals surface area contributed by atoms with Gasteiger partial charge in [-0.05, 0) is 24.3 Å². The van der Waals surface area contributed by atoms with E-state index in [2.05, 4.69) is 0 Å². The number of amides is 2. The highest BCUT2D eigenvalue weighted by Crippen LogP contribution is 2.18. The Hall–Kier alpha value is -2.38. The largest absolute Gasteiger partial charge is 0.467 e. The van der Waals surface area contributed by atoms with Crippen LogP contribution in [0.2, 0.25) is 5.02 Å². The van der Waals surface area contributed by atoms with Crippen molar-refractivity contribution in [3.8, 4) is 0 Å². The molecule has 1 aromatic carbocycles. The Morgan fingerprint density at radius 2 is 1.76 bits per heavy atom. The van der Waals surface area contributed by atoms with Crippen molar-refractivity contribution in [2.24, 2.45) is 5.73 Å². The molecule has 0 radical (unpaired) electrons. The molecule has 6 nitrogen and oxygen atoms in total.